The first kappa shape index (κ1) is 24.5. The number of carboxylic acid groups (broad SMARTS) is 2. The highest BCUT2D eigenvalue weighted by molar-refractivity contribution is 8.00. The van der Waals surface area contributed by atoms with Crippen molar-refractivity contribution in [3.63, 3.8) is 0 Å². The maximum atomic E-state index is 12.9. The molecule has 3 rings (SSSR count). The summed E-state index contributed by atoms with van der Waals surface area (Å²) in [6.45, 7) is -0.335. The number of carbonyl (C=O) groups is 4. The lowest BCUT2D eigenvalue weighted by atomic mass is 10.0. The van der Waals surface area contributed by atoms with Gasteiger partial charge >= 0.3 is 11.9 Å². The molecule has 13 nitrogen and oxygen atoms in total. The molecular weight excluding hydrogens is 476 g/mol. The van der Waals surface area contributed by atoms with Crippen LogP contribution in [0.25, 0.3) is 0 Å². The zero-order valence-electron chi connectivity index (χ0n) is 18.0. The van der Waals surface area contributed by atoms with Crippen LogP contribution in [0.2, 0.25) is 0 Å². The summed E-state index contributed by atoms with van der Waals surface area (Å²) in [6, 6.07) is -0.997. The SMILES string of the molecule is C[N+](C)(C)CC1=C(C(=O)O)N2C(=O)C(NC(=O)C(=NOCC(=O)O)c3csc(N)n3)[C@@H]2SC1. The van der Waals surface area contributed by atoms with Crippen LogP contribution in [0.15, 0.2) is 21.8 Å². The monoisotopic (exact) mass is 499 g/mol. The molecule has 15 heteroatoms. The second-order valence-corrected chi connectivity index (χ2v) is 10.2. The number of likely N-dealkylation sites (N-methyl/N-ethyl adjacent to an activating group) is 1. The number of amides is 2. The van der Waals surface area contributed by atoms with Crippen molar-refractivity contribution in [2.75, 3.05) is 45.8 Å². The Morgan fingerprint density at radius 1 is 1.36 bits per heavy atom. The average molecular weight is 500 g/mol. The first-order valence-electron chi connectivity index (χ1n) is 9.53. The highest BCUT2D eigenvalue weighted by atomic mass is 32.2. The molecule has 2 aliphatic heterocycles. The number of oxime groups is 1. The fraction of sp³-hybridized carbons (Fsp3) is 0.444. The highest BCUT2D eigenvalue weighted by Gasteiger charge is 2.54. The number of hydrogen-bond acceptors (Lipinski definition) is 10. The van der Waals surface area contributed by atoms with Gasteiger partial charge < -0.3 is 30.6 Å². The normalized spacial score (nSPS) is 20.8. The van der Waals surface area contributed by atoms with E-state index in [9.17, 15) is 24.3 Å². The van der Waals surface area contributed by atoms with E-state index in [0.717, 1.165) is 11.3 Å². The minimum Gasteiger partial charge on any atom is -0.479 e. The third kappa shape index (κ3) is 5.43. The molecule has 5 N–H and O–H groups in total. The molecule has 0 radical (unpaired) electrons. The molecule has 2 aliphatic rings. The molecule has 2 amide bonds. The summed E-state index contributed by atoms with van der Waals surface area (Å²) in [4.78, 5) is 58.1. The van der Waals surface area contributed by atoms with E-state index in [1.807, 2.05) is 21.1 Å². The van der Waals surface area contributed by atoms with Gasteiger partial charge in [-0.3, -0.25) is 14.5 Å². The number of nitrogens with one attached hydrogen (secondary N) is 1. The summed E-state index contributed by atoms with van der Waals surface area (Å²) < 4.78 is 0.493. The topological polar surface area (TPSA) is 185 Å². The largest absolute Gasteiger partial charge is 0.479 e. The predicted octanol–water partition coefficient (Wildman–Crippen LogP) is -1.02. The van der Waals surface area contributed by atoms with Crippen molar-refractivity contribution >= 4 is 57.7 Å². The number of rotatable bonds is 9. The van der Waals surface area contributed by atoms with Gasteiger partial charge in [0, 0.05) is 16.7 Å². The molecule has 1 saturated heterocycles. The Labute approximate surface area is 196 Å². The minimum atomic E-state index is -1.29. The lowest BCUT2D eigenvalue weighted by Crippen LogP contribution is -2.71. The number of aliphatic carboxylic acids is 2. The molecule has 178 valence electrons. The third-order valence-electron chi connectivity index (χ3n) is 4.53. The van der Waals surface area contributed by atoms with Crippen molar-refractivity contribution in [3.05, 3.63) is 22.3 Å². The fourth-order valence-electron chi connectivity index (χ4n) is 3.34. The van der Waals surface area contributed by atoms with Gasteiger partial charge in [-0.1, -0.05) is 5.16 Å². The van der Waals surface area contributed by atoms with Gasteiger partial charge in [0.2, 0.25) is 6.61 Å². The van der Waals surface area contributed by atoms with Crippen molar-refractivity contribution in [2.45, 2.75) is 11.4 Å². The van der Waals surface area contributed by atoms with Crippen LogP contribution in [0.5, 0.6) is 0 Å². The number of aromatic nitrogens is 1. The Morgan fingerprint density at radius 2 is 2.06 bits per heavy atom. The summed E-state index contributed by atoms with van der Waals surface area (Å²) in [5.41, 5.74) is 5.88. The lowest BCUT2D eigenvalue weighted by molar-refractivity contribution is -0.865. The molecule has 0 aliphatic carbocycles. The van der Waals surface area contributed by atoms with E-state index in [1.54, 1.807) is 0 Å². The number of fused-ring (bicyclic) bond motifs is 1. The van der Waals surface area contributed by atoms with E-state index in [-0.39, 0.29) is 22.2 Å². The van der Waals surface area contributed by atoms with Crippen LogP contribution in [0, 0.1) is 0 Å². The maximum absolute atomic E-state index is 12.9. The van der Waals surface area contributed by atoms with Crippen LogP contribution >= 0.6 is 23.1 Å². The van der Waals surface area contributed by atoms with E-state index in [4.69, 9.17) is 10.8 Å². The molecule has 3 heterocycles. The number of carboxylic acids is 2. The Balaban J connectivity index is 1.80. The second kappa shape index (κ2) is 9.36. The Bertz CT molecular complexity index is 1060. The lowest BCUT2D eigenvalue weighted by Gasteiger charge is -2.49. The highest BCUT2D eigenvalue weighted by Crippen LogP contribution is 2.40. The summed E-state index contributed by atoms with van der Waals surface area (Å²) >= 11 is 2.38. The smallest absolute Gasteiger partial charge is 0.352 e. The van der Waals surface area contributed by atoms with Crippen molar-refractivity contribution in [1.29, 1.82) is 0 Å². The van der Waals surface area contributed by atoms with Crippen LogP contribution in [0.1, 0.15) is 5.69 Å². The standard InChI is InChI=1S/C18H22N6O7S2/c1-24(2,3)4-8-6-32-16-12(15(28)23(16)13(8)17(29)30)21-14(27)11(22-31-5-10(25)26)9-7-33-18(19)20-9/h7,12,16H,4-6H2,1-3H3,(H4-,19,20,21,25,26,27,29,30)/p+1/t12?,16-/m0/s1. The van der Waals surface area contributed by atoms with Gasteiger partial charge in [0.25, 0.3) is 11.8 Å². The number of carbonyl (C=O) groups excluding carboxylic acids is 2. The molecule has 1 fully saturated rings. The Hall–Kier alpha value is -3.17. The molecule has 1 aromatic rings. The van der Waals surface area contributed by atoms with Crippen LogP contribution < -0.4 is 11.1 Å². The minimum absolute atomic E-state index is 0.0525. The maximum Gasteiger partial charge on any atom is 0.352 e. The van der Waals surface area contributed by atoms with Gasteiger partial charge in [0.05, 0.1) is 21.1 Å². The second-order valence-electron chi connectivity index (χ2n) is 8.24. The number of nitrogens with two attached hydrogens (primary N) is 1. The number of nitrogen functional groups attached to an aromatic ring is 1. The van der Waals surface area contributed by atoms with Gasteiger partial charge in [0.15, 0.2) is 10.8 Å². The molecule has 2 atom stereocenters. The van der Waals surface area contributed by atoms with Crippen molar-refractivity contribution in [2.24, 2.45) is 5.16 Å². The number of quaternary nitrogens is 1. The molecular formula is C18H23N6O7S2+. The van der Waals surface area contributed by atoms with Crippen molar-refractivity contribution < 1.29 is 38.7 Å². The molecule has 0 aromatic carbocycles. The molecule has 1 aromatic heterocycles. The predicted molar refractivity (Wildman–Crippen MR) is 119 cm³/mol. The molecule has 1 unspecified atom stereocenters. The molecule has 0 bridgehead atoms. The quantitative estimate of drug-likeness (QED) is 0.142. The number of thiazole rings is 1. The van der Waals surface area contributed by atoms with E-state index >= 15 is 0 Å². The summed E-state index contributed by atoms with van der Waals surface area (Å²) in [6.07, 6.45) is 0. The summed E-state index contributed by atoms with van der Waals surface area (Å²) in [5.74, 6) is -3.51. The van der Waals surface area contributed by atoms with Crippen LogP contribution in [0.4, 0.5) is 5.13 Å². The summed E-state index contributed by atoms with van der Waals surface area (Å²) in [7, 11) is 5.76. The van der Waals surface area contributed by atoms with E-state index in [1.165, 1.54) is 22.0 Å². The number of anilines is 1. The van der Waals surface area contributed by atoms with Gasteiger partial charge in [-0.15, -0.1) is 23.1 Å². The van der Waals surface area contributed by atoms with Crippen molar-refractivity contribution in [1.82, 2.24) is 15.2 Å². The zero-order valence-corrected chi connectivity index (χ0v) is 19.6. The van der Waals surface area contributed by atoms with Gasteiger partial charge in [0.1, 0.15) is 29.4 Å². The van der Waals surface area contributed by atoms with E-state index in [0.29, 0.717) is 22.4 Å². The van der Waals surface area contributed by atoms with Gasteiger partial charge in [-0.2, -0.15) is 0 Å². The first-order valence-corrected chi connectivity index (χ1v) is 11.5. The Kier molecular flexibility index (Phi) is 6.94. The van der Waals surface area contributed by atoms with Gasteiger partial charge in [-0.25, -0.2) is 14.6 Å². The molecule has 0 saturated carbocycles. The third-order valence-corrected chi connectivity index (χ3v) is 6.54. The van der Waals surface area contributed by atoms with Crippen LogP contribution in [-0.4, -0.2) is 106 Å². The first-order chi connectivity index (χ1) is 15.4. The van der Waals surface area contributed by atoms with Gasteiger partial charge in [-0.05, 0) is 0 Å². The van der Waals surface area contributed by atoms with E-state index < -0.39 is 41.8 Å². The Morgan fingerprint density at radius 3 is 2.61 bits per heavy atom. The summed E-state index contributed by atoms with van der Waals surface area (Å²) in [5, 5.41) is 25.5. The number of thioether (sulfide) groups is 1. The van der Waals surface area contributed by atoms with Crippen LogP contribution in [0.3, 0.4) is 0 Å². The number of β-lactam (4-membered cyclic amide) rings is 1. The number of hydrogen-bond donors (Lipinski definition) is 4. The molecule has 0 spiro atoms. The molecule has 33 heavy (non-hydrogen) atoms. The zero-order chi connectivity index (χ0) is 24.5. The van der Waals surface area contributed by atoms with Crippen molar-refractivity contribution in [3.8, 4) is 0 Å². The average Bonchev–Trinajstić information content (AvgIpc) is 3.13. The van der Waals surface area contributed by atoms with Crippen LogP contribution in [-0.2, 0) is 24.0 Å². The van der Waals surface area contributed by atoms with E-state index in [2.05, 4.69) is 20.3 Å². The number of nitrogens with zero attached hydrogens (tertiary/aromatic N) is 4. The fourth-order valence-corrected chi connectivity index (χ4v) is 5.22.